The van der Waals surface area contributed by atoms with Gasteiger partial charge in [-0.15, -0.1) is 0 Å². The number of ether oxygens (including phenoxy) is 4. The molecule has 0 unspecified atom stereocenters. The van der Waals surface area contributed by atoms with E-state index in [4.69, 9.17) is 34.0 Å². The van der Waals surface area contributed by atoms with Crippen molar-refractivity contribution in [3.63, 3.8) is 0 Å². The van der Waals surface area contributed by atoms with E-state index in [2.05, 4.69) is 20.8 Å². The number of methoxy groups -OCH3 is 4. The summed E-state index contributed by atoms with van der Waals surface area (Å²) in [5, 5.41) is 4.79. The third-order valence-electron chi connectivity index (χ3n) is 4.91. The highest BCUT2D eigenvalue weighted by atomic mass is 79.9. The molecule has 2 aromatic heterocycles. The molecule has 2 heterocycles. The zero-order valence-corrected chi connectivity index (χ0v) is 20.3. The molecule has 0 fully saturated rings. The number of hydrogen-bond donors (Lipinski definition) is 0. The minimum Gasteiger partial charge on any atom is -0.496 e. The lowest BCUT2D eigenvalue weighted by molar-refractivity contribution is 0.189. The zero-order chi connectivity index (χ0) is 22.5. The minimum atomic E-state index is 0.550. The molecule has 1 aromatic carbocycles. The Labute approximate surface area is 190 Å². The Balaban J connectivity index is 2.28. The molecule has 0 aliphatic rings. The number of aryl methyl sites for hydroxylation is 2. The summed E-state index contributed by atoms with van der Waals surface area (Å²) in [6.07, 6.45) is 0. The Morgan fingerprint density at radius 1 is 0.935 bits per heavy atom. The first-order valence-electron chi connectivity index (χ1n) is 9.84. The standard InChI is InChI=1S/C21H28BrN5O4/c1-13-17(18-16(30-5)8-7-15(22)19(18)31-6)20-23-14(2)24-21(27(20)25-13)26(9-11-28-3)10-12-29-4/h7-8H,9-12H2,1-6H3. The Morgan fingerprint density at radius 3 is 2.19 bits per heavy atom. The monoisotopic (exact) mass is 493 g/mol. The van der Waals surface area contributed by atoms with Crippen LogP contribution < -0.4 is 14.4 Å². The van der Waals surface area contributed by atoms with E-state index < -0.39 is 0 Å². The lowest BCUT2D eigenvalue weighted by atomic mass is 10.0. The van der Waals surface area contributed by atoms with Crippen LogP contribution in [0, 0.1) is 13.8 Å². The van der Waals surface area contributed by atoms with Gasteiger partial charge in [0, 0.05) is 27.3 Å². The highest BCUT2D eigenvalue weighted by molar-refractivity contribution is 9.10. The first-order valence-corrected chi connectivity index (χ1v) is 10.6. The van der Waals surface area contributed by atoms with Gasteiger partial charge in [0.1, 0.15) is 17.3 Å². The second-order valence-corrected chi connectivity index (χ2v) is 7.75. The molecule has 0 aliphatic carbocycles. The maximum atomic E-state index is 5.71. The molecule has 0 aliphatic heterocycles. The van der Waals surface area contributed by atoms with E-state index in [0.29, 0.717) is 55.2 Å². The molecule has 3 rings (SSSR count). The van der Waals surface area contributed by atoms with Crippen molar-refractivity contribution in [2.24, 2.45) is 0 Å². The Hall–Kier alpha value is -2.43. The molecule has 0 amide bonds. The predicted octanol–water partition coefficient (Wildman–Crippen LogP) is 3.29. The van der Waals surface area contributed by atoms with Gasteiger partial charge in [-0.05, 0) is 41.9 Å². The Morgan fingerprint density at radius 2 is 1.61 bits per heavy atom. The number of fused-ring (bicyclic) bond motifs is 1. The van der Waals surface area contributed by atoms with Crippen molar-refractivity contribution in [3.05, 3.63) is 28.1 Å². The summed E-state index contributed by atoms with van der Waals surface area (Å²) in [6.45, 7) is 6.20. The van der Waals surface area contributed by atoms with Gasteiger partial charge < -0.3 is 23.8 Å². The quantitative estimate of drug-likeness (QED) is 0.425. The normalized spacial score (nSPS) is 11.2. The molecule has 168 valence electrons. The molecular formula is C21H28BrN5O4. The molecule has 0 spiro atoms. The number of halogens is 1. The van der Waals surface area contributed by atoms with Crippen LogP contribution in [-0.4, -0.2) is 74.3 Å². The Kier molecular flexibility index (Phi) is 7.69. The van der Waals surface area contributed by atoms with Crippen molar-refractivity contribution < 1.29 is 18.9 Å². The summed E-state index contributed by atoms with van der Waals surface area (Å²) in [6, 6.07) is 3.79. The van der Waals surface area contributed by atoms with Crippen LogP contribution in [0.1, 0.15) is 11.5 Å². The predicted molar refractivity (Wildman–Crippen MR) is 122 cm³/mol. The van der Waals surface area contributed by atoms with Gasteiger partial charge in [0.05, 0.1) is 48.7 Å². The second-order valence-electron chi connectivity index (χ2n) is 6.90. The maximum absolute atomic E-state index is 5.71. The first-order chi connectivity index (χ1) is 15.0. The number of aromatic nitrogens is 4. The second kappa shape index (κ2) is 10.3. The number of benzene rings is 1. The fraction of sp³-hybridized carbons (Fsp3) is 0.476. The highest BCUT2D eigenvalue weighted by Crippen LogP contribution is 2.45. The van der Waals surface area contributed by atoms with E-state index in [1.54, 1.807) is 33.0 Å². The van der Waals surface area contributed by atoms with Crippen LogP contribution in [0.25, 0.3) is 16.8 Å². The number of anilines is 1. The third kappa shape index (κ3) is 4.60. The van der Waals surface area contributed by atoms with Crippen LogP contribution >= 0.6 is 15.9 Å². The molecule has 0 atom stereocenters. The van der Waals surface area contributed by atoms with Gasteiger partial charge in [-0.3, -0.25) is 0 Å². The van der Waals surface area contributed by atoms with Gasteiger partial charge in [0.15, 0.2) is 5.65 Å². The van der Waals surface area contributed by atoms with Crippen molar-refractivity contribution in [1.82, 2.24) is 19.6 Å². The van der Waals surface area contributed by atoms with Gasteiger partial charge in [0.25, 0.3) is 0 Å². The topological polar surface area (TPSA) is 83.2 Å². The van der Waals surface area contributed by atoms with Gasteiger partial charge >= 0.3 is 0 Å². The molecule has 9 nitrogen and oxygen atoms in total. The molecule has 0 radical (unpaired) electrons. The zero-order valence-electron chi connectivity index (χ0n) is 18.7. The summed E-state index contributed by atoms with van der Waals surface area (Å²) in [7, 11) is 6.62. The van der Waals surface area contributed by atoms with Crippen molar-refractivity contribution in [1.29, 1.82) is 0 Å². The summed E-state index contributed by atoms with van der Waals surface area (Å²) < 4.78 is 24.5. The maximum Gasteiger partial charge on any atom is 0.230 e. The van der Waals surface area contributed by atoms with Crippen LogP contribution in [-0.2, 0) is 9.47 Å². The van der Waals surface area contributed by atoms with Crippen LogP contribution in [0.4, 0.5) is 5.95 Å². The molecule has 0 bridgehead atoms. The highest BCUT2D eigenvalue weighted by Gasteiger charge is 2.25. The van der Waals surface area contributed by atoms with E-state index in [0.717, 1.165) is 21.3 Å². The average Bonchev–Trinajstić information content (AvgIpc) is 3.08. The summed E-state index contributed by atoms with van der Waals surface area (Å²) in [5.41, 5.74) is 3.08. The number of hydrogen-bond acceptors (Lipinski definition) is 8. The molecule has 0 N–H and O–H groups in total. The fourth-order valence-electron chi connectivity index (χ4n) is 3.49. The van der Waals surface area contributed by atoms with Crippen LogP contribution in [0.5, 0.6) is 11.5 Å². The summed E-state index contributed by atoms with van der Waals surface area (Å²) in [5.74, 6) is 2.65. The SMILES string of the molecule is COCCN(CCOC)c1nc(C)nc2c(-c3c(OC)ccc(Br)c3OC)c(C)nn12. The molecule has 0 saturated heterocycles. The van der Waals surface area contributed by atoms with Crippen LogP contribution in [0.15, 0.2) is 16.6 Å². The van der Waals surface area contributed by atoms with E-state index in [1.165, 1.54) is 0 Å². The van der Waals surface area contributed by atoms with Gasteiger partial charge in [0.2, 0.25) is 5.95 Å². The third-order valence-corrected chi connectivity index (χ3v) is 5.54. The molecular weight excluding hydrogens is 466 g/mol. The van der Waals surface area contributed by atoms with Gasteiger partial charge in [-0.25, -0.2) is 4.98 Å². The lowest BCUT2D eigenvalue weighted by Gasteiger charge is -2.23. The van der Waals surface area contributed by atoms with Crippen LogP contribution in [0.2, 0.25) is 0 Å². The van der Waals surface area contributed by atoms with Gasteiger partial charge in [-0.1, -0.05) is 0 Å². The van der Waals surface area contributed by atoms with Gasteiger partial charge in [-0.2, -0.15) is 14.6 Å². The van der Waals surface area contributed by atoms with E-state index in [-0.39, 0.29) is 0 Å². The molecule has 10 heteroatoms. The van der Waals surface area contributed by atoms with Crippen LogP contribution in [0.3, 0.4) is 0 Å². The van der Waals surface area contributed by atoms with E-state index in [9.17, 15) is 0 Å². The molecule has 0 saturated carbocycles. The molecule has 31 heavy (non-hydrogen) atoms. The fourth-order valence-corrected chi connectivity index (χ4v) is 3.98. The van der Waals surface area contributed by atoms with E-state index >= 15 is 0 Å². The average molecular weight is 494 g/mol. The smallest absolute Gasteiger partial charge is 0.230 e. The van der Waals surface area contributed by atoms with E-state index in [1.807, 2.05) is 26.0 Å². The summed E-state index contributed by atoms with van der Waals surface area (Å²) in [4.78, 5) is 11.5. The number of rotatable bonds is 10. The first kappa shape index (κ1) is 23.2. The minimum absolute atomic E-state index is 0.550. The number of nitrogens with zero attached hydrogens (tertiary/aromatic N) is 5. The van der Waals surface area contributed by atoms with Crippen molar-refractivity contribution in [3.8, 4) is 22.6 Å². The summed E-state index contributed by atoms with van der Waals surface area (Å²) >= 11 is 3.58. The van der Waals surface area contributed by atoms with Crippen molar-refractivity contribution >= 4 is 27.5 Å². The Bertz CT molecular complexity index is 1050. The van der Waals surface area contributed by atoms with Crippen molar-refractivity contribution in [2.75, 3.05) is 59.6 Å². The molecule has 3 aromatic rings. The lowest BCUT2D eigenvalue weighted by Crippen LogP contribution is -2.33. The largest absolute Gasteiger partial charge is 0.496 e. The van der Waals surface area contributed by atoms with Crippen molar-refractivity contribution in [2.45, 2.75) is 13.8 Å².